The summed E-state index contributed by atoms with van der Waals surface area (Å²) in [6.45, 7) is 5.93. The first-order chi connectivity index (χ1) is 16.3. The Labute approximate surface area is 202 Å². The van der Waals surface area contributed by atoms with E-state index in [1.165, 1.54) is 24.3 Å². The molecule has 1 aromatic carbocycles. The molecule has 2 heterocycles. The Morgan fingerprint density at radius 3 is 2.46 bits per heavy atom. The summed E-state index contributed by atoms with van der Waals surface area (Å²) in [5, 5.41) is 14.8. The number of anilines is 2. The Kier molecular flexibility index (Phi) is 6.30. The first-order valence-electron chi connectivity index (χ1n) is 11.0. The monoisotopic (exact) mass is 505 g/mol. The molecule has 1 N–H and O–H groups in total. The van der Waals surface area contributed by atoms with Crippen molar-refractivity contribution < 1.29 is 27.6 Å². The molecule has 1 saturated carbocycles. The van der Waals surface area contributed by atoms with Crippen LogP contribution >= 0.6 is 0 Å². The molecule has 4 rings (SSSR count). The van der Waals surface area contributed by atoms with Crippen LogP contribution in [-0.4, -0.2) is 64.8 Å². The molecule has 0 radical (unpaired) electrons. The molecule has 35 heavy (non-hydrogen) atoms. The maximum Gasteiger partial charge on any atom is 0.410 e. The van der Waals surface area contributed by atoms with Gasteiger partial charge in [-0.25, -0.2) is 18.2 Å². The summed E-state index contributed by atoms with van der Waals surface area (Å²) in [4.78, 5) is 33.6. The van der Waals surface area contributed by atoms with Crippen molar-refractivity contribution >= 4 is 33.1 Å². The van der Waals surface area contributed by atoms with Gasteiger partial charge in [-0.15, -0.1) is 0 Å². The molecule has 1 aliphatic heterocycles. The highest BCUT2D eigenvalue weighted by molar-refractivity contribution is 7.90. The number of carbonyl (C=O) groups excluding carboxylic acids is 1. The molecule has 13 heteroatoms. The van der Waals surface area contributed by atoms with E-state index in [2.05, 4.69) is 15.3 Å². The normalized spacial score (nSPS) is 21.6. The van der Waals surface area contributed by atoms with Gasteiger partial charge < -0.3 is 19.7 Å². The lowest BCUT2D eigenvalue weighted by molar-refractivity contribution is -0.385. The number of likely N-dealkylation sites (tertiary alicyclic amines) is 1. The molecule has 3 unspecified atom stereocenters. The van der Waals surface area contributed by atoms with Crippen LogP contribution in [0, 0.1) is 16.0 Å². The second kappa shape index (κ2) is 8.95. The molecular formula is C22H27N5O7S. The number of sulfone groups is 1. The van der Waals surface area contributed by atoms with Crippen molar-refractivity contribution in [3.63, 3.8) is 0 Å². The van der Waals surface area contributed by atoms with E-state index in [0.29, 0.717) is 18.7 Å². The van der Waals surface area contributed by atoms with Gasteiger partial charge in [-0.1, -0.05) is 0 Å². The summed E-state index contributed by atoms with van der Waals surface area (Å²) in [7, 11) is -3.38. The van der Waals surface area contributed by atoms with Crippen molar-refractivity contribution in [1.29, 1.82) is 0 Å². The standard InChI is InChI=1S/C22H27N5O7S/c1-22(2,3)34-21(28)26-11-13-9-16(26)17(10-13)33-20-18(27(29)30)19(23-12-24-20)25-14-5-7-15(8-6-14)35(4,31)32/h5-8,12-13,16-17H,9-11H2,1-4H3,(H,23,24,25). The van der Waals surface area contributed by atoms with Crippen LogP contribution in [0.4, 0.5) is 22.0 Å². The zero-order chi connectivity index (χ0) is 25.5. The summed E-state index contributed by atoms with van der Waals surface area (Å²) >= 11 is 0. The zero-order valence-corrected chi connectivity index (χ0v) is 20.6. The molecule has 0 spiro atoms. The highest BCUT2D eigenvalue weighted by atomic mass is 32.2. The topological polar surface area (TPSA) is 154 Å². The Bertz CT molecular complexity index is 1240. The van der Waals surface area contributed by atoms with Gasteiger partial charge in [-0.3, -0.25) is 10.1 Å². The van der Waals surface area contributed by atoms with Crippen LogP contribution in [-0.2, 0) is 14.6 Å². The molecule has 2 aromatic rings. The highest BCUT2D eigenvalue weighted by Gasteiger charge is 2.50. The van der Waals surface area contributed by atoms with E-state index in [9.17, 15) is 23.3 Å². The molecule has 12 nitrogen and oxygen atoms in total. The van der Waals surface area contributed by atoms with Crippen molar-refractivity contribution in [1.82, 2.24) is 14.9 Å². The third-order valence-corrected chi connectivity index (χ3v) is 6.96. The molecule has 2 fully saturated rings. The van der Waals surface area contributed by atoms with Gasteiger partial charge in [0.2, 0.25) is 5.82 Å². The van der Waals surface area contributed by atoms with Gasteiger partial charge in [0.25, 0.3) is 5.88 Å². The second-order valence-corrected chi connectivity index (χ2v) is 11.8. The lowest BCUT2D eigenvalue weighted by atomic mass is 10.1. The number of nitro groups is 1. The Morgan fingerprint density at radius 1 is 1.20 bits per heavy atom. The summed E-state index contributed by atoms with van der Waals surface area (Å²) in [6.07, 6.45) is 2.69. The summed E-state index contributed by atoms with van der Waals surface area (Å²) in [5.74, 6) is -0.0921. The highest BCUT2D eigenvalue weighted by Crippen LogP contribution is 2.42. The fraction of sp³-hybridized carbons (Fsp3) is 0.500. The lowest BCUT2D eigenvalue weighted by Gasteiger charge is -2.34. The van der Waals surface area contributed by atoms with Crippen molar-refractivity contribution in [3.8, 4) is 5.88 Å². The van der Waals surface area contributed by atoms with Gasteiger partial charge >= 0.3 is 11.8 Å². The van der Waals surface area contributed by atoms with E-state index in [4.69, 9.17) is 9.47 Å². The number of amides is 1. The van der Waals surface area contributed by atoms with Crippen LogP contribution < -0.4 is 10.1 Å². The molecule has 2 aliphatic rings. The number of fused-ring (bicyclic) bond motifs is 2. The Balaban J connectivity index is 1.55. The van der Waals surface area contributed by atoms with Crippen molar-refractivity contribution in [2.45, 2.75) is 56.3 Å². The quantitative estimate of drug-likeness (QED) is 0.457. The van der Waals surface area contributed by atoms with Gasteiger partial charge in [0.05, 0.1) is 15.9 Å². The lowest BCUT2D eigenvalue weighted by Crippen LogP contribution is -2.48. The number of benzene rings is 1. The first kappa shape index (κ1) is 24.6. The smallest absolute Gasteiger partial charge is 0.410 e. The van der Waals surface area contributed by atoms with Crippen LogP contribution in [0.5, 0.6) is 5.88 Å². The van der Waals surface area contributed by atoms with E-state index in [1.807, 2.05) is 0 Å². The van der Waals surface area contributed by atoms with E-state index >= 15 is 0 Å². The fourth-order valence-corrected chi connectivity index (χ4v) is 5.02. The maximum atomic E-state index is 12.6. The number of piperidine rings is 1. The summed E-state index contributed by atoms with van der Waals surface area (Å²) in [5.41, 5.74) is -0.687. The number of hydrogen-bond donors (Lipinski definition) is 1. The number of nitrogens with one attached hydrogen (secondary N) is 1. The molecule has 188 valence electrons. The van der Waals surface area contributed by atoms with Gasteiger partial charge in [-0.2, -0.15) is 4.98 Å². The SMILES string of the molecule is CC(C)(C)OC(=O)N1CC2CC(Oc3ncnc(Nc4ccc(S(C)(=O)=O)cc4)c3[N+](=O)[O-])C1C2. The molecule has 2 bridgehead atoms. The average molecular weight is 506 g/mol. The van der Waals surface area contributed by atoms with Crippen LogP contribution in [0.3, 0.4) is 0 Å². The molecule has 1 aromatic heterocycles. The minimum absolute atomic E-state index is 0.0979. The number of hydrogen-bond acceptors (Lipinski definition) is 10. The third-order valence-electron chi connectivity index (χ3n) is 5.83. The molecule has 1 saturated heterocycles. The van der Waals surface area contributed by atoms with Crippen molar-refractivity contribution in [2.24, 2.45) is 5.92 Å². The van der Waals surface area contributed by atoms with E-state index in [0.717, 1.165) is 19.0 Å². The van der Waals surface area contributed by atoms with Gasteiger partial charge in [0.15, 0.2) is 9.84 Å². The molecule has 1 aliphatic carbocycles. The molecular weight excluding hydrogens is 478 g/mol. The van der Waals surface area contributed by atoms with Crippen LogP contribution in [0.25, 0.3) is 0 Å². The van der Waals surface area contributed by atoms with Gasteiger partial charge in [-0.05, 0) is 63.8 Å². The minimum Gasteiger partial charge on any atom is -0.467 e. The Morgan fingerprint density at radius 2 is 1.89 bits per heavy atom. The summed E-state index contributed by atoms with van der Waals surface area (Å²) in [6, 6.07) is 5.48. The second-order valence-electron chi connectivity index (χ2n) is 9.75. The number of carbonyl (C=O) groups is 1. The van der Waals surface area contributed by atoms with Crippen LogP contribution in [0.15, 0.2) is 35.5 Å². The molecule has 1 amide bonds. The predicted molar refractivity (Wildman–Crippen MR) is 125 cm³/mol. The fourth-order valence-electron chi connectivity index (χ4n) is 4.39. The maximum absolute atomic E-state index is 12.6. The van der Waals surface area contributed by atoms with Gasteiger partial charge in [0.1, 0.15) is 18.0 Å². The van der Waals surface area contributed by atoms with E-state index in [-0.39, 0.29) is 28.6 Å². The minimum atomic E-state index is -3.38. The van der Waals surface area contributed by atoms with E-state index in [1.54, 1.807) is 25.7 Å². The predicted octanol–water partition coefficient (Wildman–Crippen LogP) is 3.31. The molecule has 3 atom stereocenters. The first-order valence-corrected chi connectivity index (χ1v) is 12.9. The number of aromatic nitrogens is 2. The number of rotatable bonds is 6. The number of nitrogens with zero attached hydrogens (tertiary/aromatic N) is 4. The van der Waals surface area contributed by atoms with Crippen LogP contribution in [0.2, 0.25) is 0 Å². The Hall–Kier alpha value is -3.48. The average Bonchev–Trinajstić information content (AvgIpc) is 3.33. The van der Waals surface area contributed by atoms with E-state index < -0.39 is 38.2 Å². The van der Waals surface area contributed by atoms with Crippen molar-refractivity contribution in [2.75, 3.05) is 18.1 Å². The zero-order valence-electron chi connectivity index (χ0n) is 19.8. The summed E-state index contributed by atoms with van der Waals surface area (Å²) < 4.78 is 34.8. The van der Waals surface area contributed by atoms with Gasteiger partial charge in [0, 0.05) is 18.5 Å². The third kappa shape index (κ3) is 5.45. The van der Waals surface area contributed by atoms with Crippen molar-refractivity contribution in [3.05, 3.63) is 40.7 Å². The largest absolute Gasteiger partial charge is 0.467 e. The number of ether oxygens (including phenoxy) is 2. The van der Waals surface area contributed by atoms with Crippen LogP contribution in [0.1, 0.15) is 33.6 Å².